The number of aliphatic hydroxyl groups excluding tert-OH is 1. The number of aromatic nitrogens is 1. The fraction of sp³-hybridized carbons (Fsp3) is 0.250. The van der Waals surface area contributed by atoms with Gasteiger partial charge in [0, 0.05) is 18.0 Å². The van der Waals surface area contributed by atoms with Crippen LogP contribution < -0.4 is 0 Å². The molecule has 0 fully saturated rings. The third-order valence-electron chi connectivity index (χ3n) is 1.42. The number of carbonyl (C=O) groups is 1. The molecule has 0 aliphatic rings. The Morgan fingerprint density at radius 1 is 1.75 bits per heavy atom. The summed E-state index contributed by atoms with van der Waals surface area (Å²) < 4.78 is 4.35. The van der Waals surface area contributed by atoms with Crippen molar-refractivity contribution >= 4 is 5.97 Å². The van der Waals surface area contributed by atoms with Gasteiger partial charge in [0.15, 0.2) is 6.10 Å². The molecule has 0 amide bonds. The van der Waals surface area contributed by atoms with E-state index in [-0.39, 0.29) is 0 Å². The summed E-state index contributed by atoms with van der Waals surface area (Å²) in [5.74, 6) is -0.678. The number of hydrogen-bond donors (Lipinski definition) is 1. The fourth-order valence-corrected chi connectivity index (χ4v) is 0.785. The highest BCUT2D eigenvalue weighted by molar-refractivity contribution is 5.75. The molecule has 1 aromatic heterocycles. The van der Waals surface area contributed by atoms with Crippen LogP contribution in [0.1, 0.15) is 11.7 Å². The van der Waals surface area contributed by atoms with Crippen molar-refractivity contribution in [3.05, 3.63) is 30.1 Å². The lowest BCUT2D eigenvalue weighted by atomic mass is 10.2. The van der Waals surface area contributed by atoms with Gasteiger partial charge < -0.3 is 9.84 Å². The second-order valence-corrected chi connectivity index (χ2v) is 2.21. The Labute approximate surface area is 69.8 Å². The Hall–Kier alpha value is -1.42. The molecule has 1 atom stereocenters. The van der Waals surface area contributed by atoms with Gasteiger partial charge in [-0.2, -0.15) is 0 Å². The number of aliphatic hydroxyl groups is 1. The van der Waals surface area contributed by atoms with Crippen molar-refractivity contribution in [2.75, 3.05) is 7.11 Å². The number of esters is 1. The summed E-state index contributed by atoms with van der Waals surface area (Å²) in [5.41, 5.74) is 0.435. The summed E-state index contributed by atoms with van der Waals surface area (Å²) in [6.07, 6.45) is 1.75. The Morgan fingerprint density at radius 3 is 3.00 bits per heavy atom. The number of rotatable bonds is 2. The molecule has 12 heavy (non-hydrogen) atoms. The third-order valence-corrected chi connectivity index (χ3v) is 1.42. The molecule has 4 nitrogen and oxygen atoms in total. The van der Waals surface area contributed by atoms with Gasteiger partial charge in [0.05, 0.1) is 7.11 Å². The molecule has 0 bridgehead atoms. The van der Waals surface area contributed by atoms with E-state index >= 15 is 0 Å². The Balaban J connectivity index is 2.78. The van der Waals surface area contributed by atoms with Gasteiger partial charge in [-0.25, -0.2) is 4.79 Å². The fourth-order valence-electron chi connectivity index (χ4n) is 0.785. The van der Waals surface area contributed by atoms with Gasteiger partial charge in [-0.3, -0.25) is 4.98 Å². The number of ether oxygens (including phenoxy) is 1. The van der Waals surface area contributed by atoms with Crippen LogP contribution in [-0.4, -0.2) is 23.2 Å². The van der Waals surface area contributed by atoms with Crippen LogP contribution >= 0.6 is 0 Å². The summed E-state index contributed by atoms with van der Waals surface area (Å²) in [5, 5.41) is 9.27. The van der Waals surface area contributed by atoms with E-state index in [1.807, 2.05) is 0 Å². The highest BCUT2D eigenvalue weighted by Gasteiger charge is 2.16. The molecule has 4 heteroatoms. The molecule has 0 spiro atoms. The molecule has 0 aliphatic carbocycles. The van der Waals surface area contributed by atoms with Crippen molar-refractivity contribution in [1.82, 2.24) is 4.98 Å². The SMILES string of the molecule is COC(=O)[C@H](O)c1cccnc1. The molecule has 0 saturated carbocycles. The van der Waals surface area contributed by atoms with Crippen LogP contribution in [-0.2, 0) is 9.53 Å². The van der Waals surface area contributed by atoms with Crippen molar-refractivity contribution < 1.29 is 14.6 Å². The maximum atomic E-state index is 10.8. The molecule has 0 aliphatic heterocycles. The summed E-state index contributed by atoms with van der Waals surface area (Å²) >= 11 is 0. The van der Waals surface area contributed by atoms with E-state index in [1.165, 1.54) is 13.3 Å². The van der Waals surface area contributed by atoms with Crippen LogP contribution in [0.3, 0.4) is 0 Å². The molecule has 1 rings (SSSR count). The Morgan fingerprint density at radius 2 is 2.50 bits per heavy atom. The second-order valence-electron chi connectivity index (χ2n) is 2.21. The van der Waals surface area contributed by atoms with Gasteiger partial charge >= 0.3 is 5.97 Å². The standard InChI is InChI=1S/C8H9NO3/c1-12-8(11)7(10)6-3-2-4-9-5-6/h2-5,7,10H,1H3/t7-/m1/s1. The third kappa shape index (κ3) is 1.79. The maximum absolute atomic E-state index is 10.8. The van der Waals surface area contributed by atoms with Crippen molar-refractivity contribution in [3.63, 3.8) is 0 Å². The summed E-state index contributed by atoms with van der Waals surface area (Å²) in [4.78, 5) is 14.6. The summed E-state index contributed by atoms with van der Waals surface area (Å²) in [6.45, 7) is 0. The highest BCUT2D eigenvalue weighted by atomic mass is 16.5. The van der Waals surface area contributed by atoms with E-state index in [9.17, 15) is 9.90 Å². The zero-order valence-corrected chi connectivity index (χ0v) is 6.60. The van der Waals surface area contributed by atoms with Crippen LogP contribution in [0.25, 0.3) is 0 Å². The lowest BCUT2D eigenvalue weighted by molar-refractivity contribution is -0.150. The first-order valence-electron chi connectivity index (χ1n) is 3.41. The van der Waals surface area contributed by atoms with Gasteiger partial charge in [0.1, 0.15) is 0 Å². The largest absolute Gasteiger partial charge is 0.467 e. The number of hydrogen-bond acceptors (Lipinski definition) is 4. The van der Waals surface area contributed by atoms with Crippen LogP contribution in [0.4, 0.5) is 0 Å². The minimum atomic E-state index is -1.23. The number of pyridine rings is 1. The highest BCUT2D eigenvalue weighted by Crippen LogP contribution is 2.11. The Bertz CT molecular complexity index is 260. The van der Waals surface area contributed by atoms with E-state index in [0.717, 1.165) is 0 Å². The molecule has 64 valence electrons. The van der Waals surface area contributed by atoms with Gasteiger partial charge in [-0.05, 0) is 6.07 Å². The maximum Gasteiger partial charge on any atom is 0.339 e. The molecular weight excluding hydrogens is 158 g/mol. The van der Waals surface area contributed by atoms with E-state index in [0.29, 0.717) is 5.56 Å². The zero-order chi connectivity index (χ0) is 8.97. The number of carbonyl (C=O) groups excluding carboxylic acids is 1. The van der Waals surface area contributed by atoms with Crippen molar-refractivity contribution in [3.8, 4) is 0 Å². The zero-order valence-electron chi connectivity index (χ0n) is 6.60. The average Bonchev–Trinajstić information content (AvgIpc) is 2.17. The monoisotopic (exact) mass is 167 g/mol. The van der Waals surface area contributed by atoms with Gasteiger partial charge in [0.2, 0.25) is 0 Å². The molecule has 1 heterocycles. The topological polar surface area (TPSA) is 59.4 Å². The van der Waals surface area contributed by atoms with Crippen LogP contribution in [0.2, 0.25) is 0 Å². The van der Waals surface area contributed by atoms with Gasteiger partial charge in [-0.1, -0.05) is 6.07 Å². The molecule has 0 unspecified atom stereocenters. The van der Waals surface area contributed by atoms with Gasteiger partial charge in [-0.15, -0.1) is 0 Å². The summed E-state index contributed by atoms with van der Waals surface area (Å²) in [6, 6.07) is 3.25. The van der Waals surface area contributed by atoms with Crippen LogP contribution in [0.5, 0.6) is 0 Å². The predicted octanol–water partition coefficient (Wildman–Crippen LogP) is 0.288. The quantitative estimate of drug-likeness (QED) is 0.643. The molecule has 0 radical (unpaired) electrons. The van der Waals surface area contributed by atoms with E-state index in [1.54, 1.807) is 18.3 Å². The molecule has 1 N–H and O–H groups in total. The normalized spacial score (nSPS) is 12.2. The van der Waals surface area contributed by atoms with Crippen LogP contribution in [0, 0.1) is 0 Å². The van der Waals surface area contributed by atoms with Crippen molar-refractivity contribution in [2.45, 2.75) is 6.10 Å². The minimum Gasteiger partial charge on any atom is -0.467 e. The smallest absolute Gasteiger partial charge is 0.339 e. The number of nitrogens with zero attached hydrogens (tertiary/aromatic N) is 1. The average molecular weight is 167 g/mol. The van der Waals surface area contributed by atoms with Crippen molar-refractivity contribution in [2.24, 2.45) is 0 Å². The molecular formula is C8H9NO3. The second kappa shape index (κ2) is 3.82. The first-order chi connectivity index (χ1) is 5.75. The van der Waals surface area contributed by atoms with E-state index in [2.05, 4.69) is 9.72 Å². The van der Waals surface area contributed by atoms with Crippen LogP contribution in [0.15, 0.2) is 24.5 Å². The van der Waals surface area contributed by atoms with Gasteiger partial charge in [0.25, 0.3) is 0 Å². The molecule has 1 aromatic rings. The predicted molar refractivity (Wildman–Crippen MR) is 41.2 cm³/mol. The first-order valence-corrected chi connectivity index (χ1v) is 3.41. The lowest BCUT2D eigenvalue weighted by Gasteiger charge is -2.06. The molecule has 0 aromatic carbocycles. The molecule has 0 saturated heterocycles. The van der Waals surface area contributed by atoms with E-state index < -0.39 is 12.1 Å². The lowest BCUT2D eigenvalue weighted by Crippen LogP contribution is -2.13. The summed E-state index contributed by atoms with van der Waals surface area (Å²) in [7, 11) is 1.22. The van der Waals surface area contributed by atoms with E-state index in [4.69, 9.17) is 0 Å². The first kappa shape index (κ1) is 8.67. The van der Waals surface area contributed by atoms with Crippen molar-refractivity contribution in [1.29, 1.82) is 0 Å². The minimum absolute atomic E-state index is 0.435. The number of methoxy groups -OCH3 is 1. The Kier molecular flexibility index (Phi) is 2.76.